The highest BCUT2D eigenvalue weighted by atomic mass is 28.3. The zero-order valence-corrected chi connectivity index (χ0v) is 17.2. The summed E-state index contributed by atoms with van der Waals surface area (Å²) in [7, 11) is 4.43. The summed E-state index contributed by atoms with van der Waals surface area (Å²) >= 11 is 0. The molecule has 1 heterocycles. The molecule has 2 aromatic rings. The van der Waals surface area contributed by atoms with Crippen molar-refractivity contribution in [2.24, 2.45) is 0 Å². The predicted octanol–water partition coefficient (Wildman–Crippen LogP) is 3.60. The maximum atomic E-state index is 14.6. The van der Waals surface area contributed by atoms with Crippen LogP contribution in [0.5, 0.6) is 5.75 Å². The maximum absolute atomic E-state index is 14.6. The first-order valence-corrected chi connectivity index (χ1v) is 12.4. The first-order valence-electron chi connectivity index (χ1n) is 8.66. The van der Waals surface area contributed by atoms with Gasteiger partial charge in [-0.1, -0.05) is 19.6 Å². The van der Waals surface area contributed by atoms with E-state index < -0.39 is 8.07 Å². The van der Waals surface area contributed by atoms with Crippen LogP contribution in [0.2, 0.25) is 25.7 Å². The summed E-state index contributed by atoms with van der Waals surface area (Å²) in [5.41, 5.74) is 1.36. The second kappa shape index (κ2) is 8.29. The number of fused-ring (bicyclic) bond motifs is 1. The molecule has 0 amide bonds. The summed E-state index contributed by atoms with van der Waals surface area (Å²) in [5, 5.41) is 5.41. The number of nitrogens with zero attached hydrogens (tertiary/aromatic N) is 3. The normalized spacial score (nSPS) is 12.3. The van der Waals surface area contributed by atoms with Gasteiger partial charge in [0.25, 0.3) is 0 Å². The molecule has 1 aromatic carbocycles. The van der Waals surface area contributed by atoms with Crippen LogP contribution in [0.15, 0.2) is 12.1 Å². The molecule has 0 N–H and O–H groups in total. The quantitative estimate of drug-likeness (QED) is 0.501. The molecule has 0 radical (unpaired) electrons. The van der Waals surface area contributed by atoms with Crippen LogP contribution in [0.3, 0.4) is 0 Å². The third-order valence-electron chi connectivity index (χ3n) is 4.09. The van der Waals surface area contributed by atoms with Gasteiger partial charge >= 0.3 is 0 Å². The van der Waals surface area contributed by atoms with E-state index in [2.05, 4.69) is 29.6 Å². The fourth-order valence-electron chi connectivity index (χ4n) is 2.56. The Morgan fingerprint density at radius 3 is 2.56 bits per heavy atom. The van der Waals surface area contributed by atoms with Crippen LogP contribution in [0.25, 0.3) is 10.9 Å². The number of hydrogen-bond acceptors (Lipinski definition) is 4. The second-order valence-corrected chi connectivity index (χ2v) is 13.5. The van der Waals surface area contributed by atoms with Crippen molar-refractivity contribution in [1.82, 2.24) is 14.7 Å². The van der Waals surface area contributed by atoms with Crippen molar-refractivity contribution < 1.29 is 13.9 Å². The smallest absolute Gasteiger partial charge is 0.152 e. The molecule has 0 unspecified atom stereocenters. The third kappa shape index (κ3) is 5.52. The van der Waals surface area contributed by atoms with Crippen molar-refractivity contribution in [3.05, 3.63) is 23.6 Å². The predicted molar refractivity (Wildman–Crippen MR) is 103 cm³/mol. The van der Waals surface area contributed by atoms with E-state index in [0.29, 0.717) is 17.9 Å². The number of hydrogen-bond donors (Lipinski definition) is 0. The molecule has 25 heavy (non-hydrogen) atoms. The number of aromatic nitrogens is 2. The van der Waals surface area contributed by atoms with Crippen molar-refractivity contribution in [2.45, 2.75) is 38.8 Å². The van der Waals surface area contributed by atoms with Crippen LogP contribution >= 0.6 is 0 Å². The molecular weight excluding hydrogens is 337 g/mol. The number of ether oxygens (including phenoxy) is 2. The van der Waals surface area contributed by atoms with E-state index in [9.17, 15) is 4.39 Å². The summed E-state index contributed by atoms with van der Waals surface area (Å²) < 4.78 is 27.2. The number of benzene rings is 1. The molecule has 0 aliphatic heterocycles. The summed E-state index contributed by atoms with van der Waals surface area (Å²) in [6, 6.07) is 4.34. The first-order chi connectivity index (χ1) is 11.7. The van der Waals surface area contributed by atoms with Crippen LogP contribution in [-0.2, 0) is 17.9 Å². The molecule has 1 aromatic heterocycles. The van der Waals surface area contributed by atoms with Crippen molar-refractivity contribution in [1.29, 1.82) is 0 Å². The highest BCUT2D eigenvalue weighted by Crippen LogP contribution is 2.27. The van der Waals surface area contributed by atoms with Crippen molar-refractivity contribution in [2.75, 3.05) is 34.4 Å². The summed E-state index contributed by atoms with van der Waals surface area (Å²) in [6.07, 6.45) is 0.748. The molecule has 0 saturated carbocycles. The van der Waals surface area contributed by atoms with Gasteiger partial charge in [0.1, 0.15) is 18.0 Å². The molecule has 0 atom stereocenters. The zero-order chi connectivity index (χ0) is 18.6. The maximum Gasteiger partial charge on any atom is 0.152 e. The summed E-state index contributed by atoms with van der Waals surface area (Å²) in [5.74, 6) is 0.182. The fourth-order valence-corrected chi connectivity index (χ4v) is 3.32. The molecule has 0 bridgehead atoms. The Morgan fingerprint density at radius 1 is 1.24 bits per heavy atom. The lowest BCUT2D eigenvalue weighted by Gasteiger charge is -2.15. The van der Waals surface area contributed by atoms with Crippen molar-refractivity contribution >= 4 is 19.0 Å². The fraction of sp³-hybridized carbons (Fsp3) is 0.611. The van der Waals surface area contributed by atoms with Crippen LogP contribution in [0.4, 0.5) is 4.39 Å². The van der Waals surface area contributed by atoms with Gasteiger partial charge in [-0.05, 0) is 26.2 Å². The Labute approximate surface area is 150 Å². The van der Waals surface area contributed by atoms with Gasteiger partial charge in [0.05, 0.1) is 12.8 Å². The lowest BCUT2D eigenvalue weighted by atomic mass is 10.1. The minimum Gasteiger partial charge on any atom is -0.497 e. The van der Waals surface area contributed by atoms with Gasteiger partial charge in [-0.2, -0.15) is 5.10 Å². The van der Waals surface area contributed by atoms with E-state index >= 15 is 0 Å². The molecule has 0 spiro atoms. The topological polar surface area (TPSA) is 39.5 Å². The molecule has 0 aliphatic carbocycles. The number of likely N-dealkylation sites (N-methyl/N-ethyl adjacent to an activating group) is 1. The lowest BCUT2D eigenvalue weighted by molar-refractivity contribution is 0.0810. The Kier molecular flexibility index (Phi) is 6.59. The molecule has 7 heteroatoms. The molecular formula is C18H30FN3O2Si. The minimum atomic E-state index is -1.14. The summed E-state index contributed by atoms with van der Waals surface area (Å²) in [4.78, 5) is 2.09. The minimum absolute atomic E-state index is 0.270. The van der Waals surface area contributed by atoms with E-state index in [4.69, 9.17) is 9.47 Å². The Hall–Kier alpha value is -1.44. The van der Waals surface area contributed by atoms with Gasteiger partial charge < -0.3 is 14.4 Å². The first kappa shape index (κ1) is 19.9. The van der Waals surface area contributed by atoms with E-state index in [0.717, 1.165) is 30.1 Å². The highest BCUT2D eigenvalue weighted by molar-refractivity contribution is 6.76. The Balaban J connectivity index is 2.26. The molecule has 2 rings (SSSR count). The molecule has 0 fully saturated rings. The van der Waals surface area contributed by atoms with Crippen LogP contribution in [0, 0.1) is 5.82 Å². The third-order valence-corrected chi connectivity index (χ3v) is 5.79. The largest absolute Gasteiger partial charge is 0.497 e. The van der Waals surface area contributed by atoms with Crippen LogP contribution in [-0.4, -0.2) is 57.1 Å². The van der Waals surface area contributed by atoms with Crippen LogP contribution < -0.4 is 4.74 Å². The number of halogens is 1. The molecule has 0 saturated heterocycles. The lowest BCUT2D eigenvalue weighted by Crippen LogP contribution is -2.22. The van der Waals surface area contributed by atoms with Gasteiger partial charge in [0, 0.05) is 39.1 Å². The zero-order valence-electron chi connectivity index (χ0n) is 16.2. The van der Waals surface area contributed by atoms with Gasteiger partial charge in [0.15, 0.2) is 5.82 Å². The molecule has 5 nitrogen and oxygen atoms in total. The van der Waals surface area contributed by atoms with Gasteiger partial charge in [0.2, 0.25) is 0 Å². The van der Waals surface area contributed by atoms with E-state index in [-0.39, 0.29) is 12.5 Å². The van der Waals surface area contributed by atoms with Gasteiger partial charge in [-0.25, -0.2) is 9.07 Å². The summed E-state index contributed by atoms with van der Waals surface area (Å²) in [6.45, 7) is 8.73. The SMILES string of the molecule is COc1cc(F)c2c(c1)c(CCN(C)C)nn2COCC[Si](C)(C)C. The van der Waals surface area contributed by atoms with Crippen molar-refractivity contribution in [3.8, 4) is 5.75 Å². The number of rotatable bonds is 9. The van der Waals surface area contributed by atoms with Crippen molar-refractivity contribution in [3.63, 3.8) is 0 Å². The monoisotopic (exact) mass is 367 g/mol. The Bertz CT molecular complexity index is 710. The van der Waals surface area contributed by atoms with E-state index in [1.807, 2.05) is 20.2 Å². The standard InChI is InChI=1S/C18H30FN3O2Si/c1-21(2)8-7-17-15-11-14(23-3)12-16(19)18(15)22(20-17)13-24-9-10-25(4,5)6/h11-12H,7-10,13H2,1-6H3. The van der Waals surface area contributed by atoms with E-state index in [1.54, 1.807) is 11.8 Å². The van der Waals surface area contributed by atoms with Gasteiger partial charge in [-0.3, -0.25) is 0 Å². The molecule has 140 valence electrons. The Morgan fingerprint density at radius 2 is 1.96 bits per heavy atom. The van der Waals surface area contributed by atoms with Gasteiger partial charge in [-0.15, -0.1) is 0 Å². The average Bonchev–Trinajstić information content (AvgIpc) is 2.87. The second-order valence-electron chi connectivity index (χ2n) is 7.85. The molecule has 0 aliphatic rings. The average molecular weight is 368 g/mol. The highest BCUT2D eigenvalue weighted by Gasteiger charge is 2.17. The van der Waals surface area contributed by atoms with E-state index in [1.165, 1.54) is 6.07 Å². The number of methoxy groups -OCH3 is 1. The van der Waals surface area contributed by atoms with Crippen LogP contribution in [0.1, 0.15) is 5.69 Å².